The van der Waals surface area contributed by atoms with Crippen molar-refractivity contribution >= 4 is 51.5 Å². The Kier molecular flexibility index (Phi) is 6.30. The van der Waals surface area contributed by atoms with Crippen molar-refractivity contribution in [3.8, 4) is 5.75 Å². The zero-order valence-corrected chi connectivity index (χ0v) is 18.2. The van der Waals surface area contributed by atoms with Crippen LogP contribution in [0, 0.1) is 5.92 Å². The highest BCUT2D eigenvalue weighted by Gasteiger charge is 2.18. The van der Waals surface area contributed by atoms with Gasteiger partial charge in [-0.15, -0.1) is 0 Å². The van der Waals surface area contributed by atoms with Gasteiger partial charge in [-0.25, -0.2) is 4.98 Å². The summed E-state index contributed by atoms with van der Waals surface area (Å²) in [5.41, 5.74) is 1.33. The molecule has 7 heteroatoms. The Morgan fingerprint density at radius 2 is 2.07 bits per heavy atom. The number of carbonyl (C=O) groups excluding carboxylic acids is 1. The van der Waals surface area contributed by atoms with Gasteiger partial charge in [0.05, 0.1) is 10.0 Å². The first kappa shape index (κ1) is 20.8. The predicted octanol–water partition coefficient (Wildman–Crippen LogP) is 5.80. The molecule has 0 aliphatic carbocycles. The van der Waals surface area contributed by atoms with Gasteiger partial charge >= 0.3 is 0 Å². The first-order chi connectivity index (χ1) is 14.5. The molecular formula is C23H23Cl2N3O2. The summed E-state index contributed by atoms with van der Waals surface area (Å²) in [5, 5.41) is 4.56. The molecule has 3 aromatic rings. The maximum atomic E-state index is 12.3. The van der Waals surface area contributed by atoms with Crippen LogP contribution < -0.4 is 15.0 Å². The number of nitrogens with one attached hydrogen (secondary N) is 1. The molecule has 0 radical (unpaired) electrons. The number of anilines is 2. The SMILES string of the molecule is CC1CCCN(c2ccc3cccc(OCC(=O)Nc4ccc(Cl)c(Cl)c4)c3n2)C1. The van der Waals surface area contributed by atoms with Crippen LogP contribution in [-0.4, -0.2) is 30.6 Å². The molecule has 2 aromatic carbocycles. The molecule has 1 saturated heterocycles. The van der Waals surface area contributed by atoms with Crippen molar-refractivity contribution in [2.75, 3.05) is 29.9 Å². The average Bonchev–Trinajstić information content (AvgIpc) is 2.74. The fourth-order valence-electron chi connectivity index (χ4n) is 3.71. The molecule has 30 heavy (non-hydrogen) atoms. The number of carbonyl (C=O) groups is 1. The Bertz CT molecular complexity index is 1070. The molecule has 5 nitrogen and oxygen atoms in total. The maximum absolute atomic E-state index is 12.3. The van der Waals surface area contributed by atoms with Gasteiger partial charge in [0.25, 0.3) is 5.91 Å². The molecule has 0 bridgehead atoms. The molecule has 1 aliphatic heterocycles. The number of aromatic nitrogens is 1. The lowest BCUT2D eigenvalue weighted by molar-refractivity contribution is -0.118. The molecular weight excluding hydrogens is 421 g/mol. The van der Waals surface area contributed by atoms with Gasteiger partial charge in [0.2, 0.25) is 0 Å². The van der Waals surface area contributed by atoms with Gasteiger partial charge in [-0.2, -0.15) is 0 Å². The summed E-state index contributed by atoms with van der Waals surface area (Å²) < 4.78 is 5.82. The van der Waals surface area contributed by atoms with E-state index in [0.717, 1.165) is 29.8 Å². The Balaban J connectivity index is 1.48. The molecule has 1 amide bonds. The van der Waals surface area contributed by atoms with Crippen LogP contribution in [0.15, 0.2) is 48.5 Å². The lowest BCUT2D eigenvalue weighted by atomic mass is 10.0. The first-order valence-electron chi connectivity index (χ1n) is 10.0. The van der Waals surface area contributed by atoms with E-state index in [2.05, 4.69) is 29.3 Å². The molecule has 1 N–H and O–H groups in total. The zero-order valence-electron chi connectivity index (χ0n) is 16.7. The number of amides is 1. The van der Waals surface area contributed by atoms with Crippen molar-refractivity contribution < 1.29 is 9.53 Å². The van der Waals surface area contributed by atoms with Crippen LogP contribution >= 0.6 is 23.2 Å². The summed E-state index contributed by atoms with van der Waals surface area (Å²) >= 11 is 11.9. The summed E-state index contributed by atoms with van der Waals surface area (Å²) in [5.74, 6) is 1.91. The van der Waals surface area contributed by atoms with E-state index in [0.29, 0.717) is 27.4 Å². The average molecular weight is 444 g/mol. The Labute approximate surface area is 185 Å². The minimum absolute atomic E-state index is 0.133. The molecule has 1 fully saturated rings. The van der Waals surface area contributed by atoms with Crippen LogP contribution in [0.25, 0.3) is 10.9 Å². The van der Waals surface area contributed by atoms with Crippen LogP contribution in [0.4, 0.5) is 11.5 Å². The van der Waals surface area contributed by atoms with E-state index >= 15 is 0 Å². The standard InChI is InChI=1S/C23H23Cl2N3O2/c1-15-4-3-11-28(13-15)21-10-7-16-5-2-6-20(23(16)27-21)30-14-22(29)26-17-8-9-18(24)19(25)12-17/h2,5-10,12,15H,3-4,11,13-14H2,1H3,(H,26,29). The normalized spacial score (nSPS) is 16.5. The highest BCUT2D eigenvalue weighted by atomic mass is 35.5. The number of piperidine rings is 1. The third-order valence-corrected chi connectivity index (χ3v) is 5.95. The number of halogens is 2. The molecule has 0 spiro atoms. The van der Waals surface area contributed by atoms with Crippen molar-refractivity contribution in [1.82, 2.24) is 4.98 Å². The van der Waals surface area contributed by atoms with Crippen molar-refractivity contribution in [3.05, 3.63) is 58.6 Å². The molecule has 156 valence electrons. The van der Waals surface area contributed by atoms with Crippen LogP contribution in [0.1, 0.15) is 19.8 Å². The van der Waals surface area contributed by atoms with Gasteiger partial charge in [-0.3, -0.25) is 4.79 Å². The highest BCUT2D eigenvalue weighted by molar-refractivity contribution is 6.42. The quantitative estimate of drug-likeness (QED) is 0.541. The fraction of sp³-hybridized carbons (Fsp3) is 0.304. The van der Waals surface area contributed by atoms with Crippen molar-refractivity contribution in [2.24, 2.45) is 5.92 Å². The van der Waals surface area contributed by atoms with Crippen molar-refractivity contribution in [3.63, 3.8) is 0 Å². The number of nitrogens with zero attached hydrogens (tertiary/aromatic N) is 2. The third kappa shape index (κ3) is 4.79. The van der Waals surface area contributed by atoms with Gasteiger partial charge in [0.15, 0.2) is 6.61 Å². The van der Waals surface area contributed by atoms with Gasteiger partial charge in [-0.1, -0.05) is 42.3 Å². The predicted molar refractivity (Wildman–Crippen MR) is 123 cm³/mol. The molecule has 4 rings (SSSR count). The number of hydrogen-bond acceptors (Lipinski definition) is 4. The van der Waals surface area contributed by atoms with E-state index < -0.39 is 0 Å². The Morgan fingerprint density at radius 3 is 2.87 bits per heavy atom. The van der Waals surface area contributed by atoms with Gasteiger partial charge < -0.3 is 15.0 Å². The number of para-hydroxylation sites is 1. The van der Waals surface area contributed by atoms with Crippen LogP contribution in [0.2, 0.25) is 10.0 Å². The lowest BCUT2D eigenvalue weighted by Crippen LogP contribution is -2.34. The van der Waals surface area contributed by atoms with Crippen molar-refractivity contribution in [2.45, 2.75) is 19.8 Å². The highest BCUT2D eigenvalue weighted by Crippen LogP contribution is 2.29. The summed E-state index contributed by atoms with van der Waals surface area (Å²) in [6.07, 6.45) is 2.43. The first-order valence-corrected chi connectivity index (χ1v) is 10.8. The monoisotopic (exact) mass is 443 g/mol. The van der Waals surface area contributed by atoms with E-state index in [1.807, 2.05) is 18.2 Å². The number of pyridine rings is 1. The lowest BCUT2D eigenvalue weighted by Gasteiger charge is -2.32. The zero-order chi connectivity index (χ0) is 21.1. The van der Waals surface area contributed by atoms with E-state index in [4.69, 9.17) is 32.9 Å². The van der Waals surface area contributed by atoms with E-state index in [1.54, 1.807) is 18.2 Å². The van der Waals surface area contributed by atoms with Crippen molar-refractivity contribution in [1.29, 1.82) is 0 Å². The fourth-order valence-corrected chi connectivity index (χ4v) is 4.01. The second-order valence-corrected chi connectivity index (χ2v) is 8.47. The van der Waals surface area contributed by atoms with Gasteiger partial charge in [0, 0.05) is 24.2 Å². The topological polar surface area (TPSA) is 54.5 Å². The van der Waals surface area contributed by atoms with E-state index in [9.17, 15) is 4.79 Å². The Morgan fingerprint density at radius 1 is 1.20 bits per heavy atom. The minimum Gasteiger partial charge on any atom is -0.481 e. The van der Waals surface area contributed by atoms with E-state index in [-0.39, 0.29) is 12.5 Å². The van der Waals surface area contributed by atoms with Gasteiger partial charge in [-0.05, 0) is 55.2 Å². The van der Waals surface area contributed by atoms with Gasteiger partial charge in [0.1, 0.15) is 17.1 Å². The maximum Gasteiger partial charge on any atom is 0.262 e. The number of fused-ring (bicyclic) bond motifs is 1. The van der Waals surface area contributed by atoms with Crippen LogP contribution in [0.5, 0.6) is 5.75 Å². The Hall–Kier alpha value is -2.50. The number of benzene rings is 2. The molecule has 1 unspecified atom stereocenters. The summed E-state index contributed by atoms with van der Waals surface area (Å²) in [4.78, 5) is 19.5. The largest absolute Gasteiger partial charge is 0.481 e. The molecule has 1 aliphatic rings. The molecule has 1 atom stereocenters. The molecule has 1 aromatic heterocycles. The second kappa shape index (κ2) is 9.11. The van der Waals surface area contributed by atoms with Crippen LogP contribution in [-0.2, 0) is 4.79 Å². The molecule has 2 heterocycles. The summed E-state index contributed by atoms with van der Waals surface area (Å²) in [6.45, 7) is 4.16. The molecule has 0 saturated carbocycles. The van der Waals surface area contributed by atoms with E-state index in [1.165, 1.54) is 12.8 Å². The summed E-state index contributed by atoms with van der Waals surface area (Å²) in [6, 6.07) is 14.8. The smallest absolute Gasteiger partial charge is 0.262 e. The second-order valence-electron chi connectivity index (χ2n) is 7.66. The number of ether oxygens (including phenoxy) is 1. The number of rotatable bonds is 5. The third-order valence-electron chi connectivity index (χ3n) is 5.21. The number of hydrogen-bond donors (Lipinski definition) is 1. The minimum atomic E-state index is -0.286. The summed E-state index contributed by atoms with van der Waals surface area (Å²) in [7, 11) is 0. The van der Waals surface area contributed by atoms with Crippen LogP contribution in [0.3, 0.4) is 0 Å².